The number of primary amides is 1. The standard InChI is InChI=1S/C5H13N5O2/c1-12-3-2-10(8)4(6)9-5(7)11/h2-3,8H2,1H3,(H4,6,7,9,11). The molecule has 7 nitrogen and oxygen atoms in total. The maximum atomic E-state index is 10.2. The summed E-state index contributed by atoms with van der Waals surface area (Å²) in [5, 5.41) is 1.08. The van der Waals surface area contributed by atoms with E-state index in [9.17, 15) is 4.79 Å². The van der Waals surface area contributed by atoms with Crippen LogP contribution in [0, 0.1) is 0 Å². The van der Waals surface area contributed by atoms with Crippen LogP contribution in [0.2, 0.25) is 0 Å². The fourth-order valence-electron chi connectivity index (χ4n) is 0.481. The Bertz CT molecular complexity index is 181. The Hall–Kier alpha value is -1.34. The first-order valence-corrected chi connectivity index (χ1v) is 3.22. The Morgan fingerprint density at radius 1 is 1.58 bits per heavy atom. The summed E-state index contributed by atoms with van der Waals surface area (Å²) in [6.45, 7) is 0.741. The molecule has 0 aliphatic heterocycles. The maximum absolute atomic E-state index is 10.2. The van der Waals surface area contributed by atoms with E-state index in [1.54, 1.807) is 0 Å². The van der Waals surface area contributed by atoms with Crippen LogP contribution >= 0.6 is 0 Å². The number of methoxy groups -OCH3 is 1. The average Bonchev–Trinajstić information content (AvgIpc) is 1.98. The number of hydrogen-bond donors (Lipinski definition) is 3. The van der Waals surface area contributed by atoms with Crippen LogP contribution < -0.4 is 17.3 Å². The number of aliphatic imine (C=N–C) groups is 1. The van der Waals surface area contributed by atoms with Gasteiger partial charge in [0.05, 0.1) is 13.2 Å². The van der Waals surface area contributed by atoms with Gasteiger partial charge in [0.1, 0.15) is 0 Å². The van der Waals surface area contributed by atoms with Crippen LogP contribution in [0.5, 0.6) is 0 Å². The number of amides is 2. The second-order valence-electron chi connectivity index (χ2n) is 1.99. The molecule has 0 aliphatic rings. The minimum absolute atomic E-state index is 0.125. The number of nitrogens with zero attached hydrogens (tertiary/aromatic N) is 2. The number of urea groups is 1. The molecule has 0 radical (unpaired) electrons. The summed E-state index contributed by atoms with van der Waals surface area (Å²) in [6, 6.07) is -0.875. The van der Waals surface area contributed by atoms with E-state index in [2.05, 4.69) is 4.99 Å². The zero-order valence-electron chi connectivity index (χ0n) is 6.86. The van der Waals surface area contributed by atoms with Gasteiger partial charge in [-0.3, -0.25) is 5.01 Å². The van der Waals surface area contributed by atoms with Crippen molar-refractivity contribution in [2.45, 2.75) is 0 Å². The molecule has 0 fully saturated rings. The summed E-state index contributed by atoms with van der Waals surface area (Å²) in [4.78, 5) is 13.4. The van der Waals surface area contributed by atoms with E-state index >= 15 is 0 Å². The summed E-state index contributed by atoms with van der Waals surface area (Å²) >= 11 is 0. The SMILES string of the molecule is COCCN(N)/C(N)=N/C(N)=O. The van der Waals surface area contributed by atoms with Crippen molar-refractivity contribution in [2.24, 2.45) is 22.3 Å². The molecule has 6 N–H and O–H groups in total. The van der Waals surface area contributed by atoms with Crippen LogP contribution in [0.3, 0.4) is 0 Å². The summed E-state index contributed by atoms with van der Waals surface area (Å²) in [5.41, 5.74) is 9.99. The average molecular weight is 175 g/mol. The van der Waals surface area contributed by atoms with Crippen molar-refractivity contribution in [1.82, 2.24) is 5.01 Å². The highest BCUT2D eigenvalue weighted by Gasteiger charge is 2.02. The monoisotopic (exact) mass is 175 g/mol. The van der Waals surface area contributed by atoms with Crippen LogP contribution in [-0.4, -0.2) is 37.3 Å². The summed E-state index contributed by atoms with van der Waals surface area (Å²) in [6.07, 6.45) is 0. The topological polar surface area (TPSA) is 120 Å². The highest BCUT2D eigenvalue weighted by molar-refractivity contribution is 5.90. The first kappa shape index (κ1) is 10.7. The molecule has 0 bridgehead atoms. The van der Waals surface area contributed by atoms with Gasteiger partial charge in [0, 0.05) is 7.11 Å². The second-order valence-corrected chi connectivity index (χ2v) is 1.99. The predicted molar refractivity (Wildman–Crippen MR) is 44.0 cm³/mol. The number of hydrogen-bond acceptors (Lipinski definition) is 3. The molecule has 12 heavy (non-hydrogen) atoms. The number of carbonyl (C=O) groups is 1. The number of nitrogens with two attached hydrogens (primary N) is 3. The van der Waals surface area contributed by atoms with E-state index in [0.29, 0.717) is 13.2 Å². The quantitative estimate of drug-likeness (QED) is 0.202. The minimum Gasteiger partial charge on any atom is -0.383 e. The molecule has 0 aromatic carbocycles. The van der Waals surface area contributed by atoms with Gasteiger partial charge in [0.15, 0.2) is 0 Å². The molecule has 0 unspecified atom stereocenters. The molecule has 0 aromatic heterocycles. The maximum Gasteiger partial charge on any atom is 0.341 e. The van der Waals surface area contributed by atoms with E-state index in [1.807, 2.05) is 0 Å². The van der Waals surface area contributed by atoms with Gasteiger partial charge in [0.25, 0.3) is 0 Å². The predicted octanol–water partition coefficient (Wildman–Crippen LogP) is -1.80. The molecule has 70 valence electrons. The van der Waals surface area contributed by atoms with Gasteiger partial charge >= 0.3 is 6.03 Å². The zero-order valence-corrected chi connectivity index (χ0v) is 6.86. The van der Waals surface area contributed by atoms with Crippen molar-refractivity contribution in [1.29, 1.82) is 0 Å². The van der Waals surface area contributed by atoms with Crippen molar-refractivity contribution >= 4 is 12.0 Å². The summed E-state index contributed by atoms with van der Waals surface area (Å²) < 4.78 is 4.72. The molecule has 0 aliphatic carbocycles. The smallest absolute Gasteiger partial charge is 0.341 e. The Balaban J connectivity index is 3.91. The lowest BCUT2D eigenvalue weighted by Gasteiger charge is -2.15. The molecular formula is C5H13N5O2. The first-order valence-electron chi connectivity index (χ1n) is 3.22. The number of hydrazine groups is 1. The summed E-state index contributed by atoms with van der Waals surface area (Å²) in [5.74, 6) is 5.22. The molecular weight excluding hydrogens is 162 g/mol. The Morgan fingerprint density at radius 2 is 2.17 bits per heavy atom. The molecule has 7 heteroatoms. The second kappa shape index (κ2) is 5.33. The molecule has 0 saturated heterocycles. The van der Waals surface area contributed by atoms with Gasteiger partial charge in [-0.15, -0.1) is 0 Å². The third-order valence-electron chi connectivity index (χ3n) is 1.06. The number of guanidine groups is 1. The number of ether oxygens (including phenoxy) is 1. The lowest BCUT2D eigenvalue weighted by atomic mass is 10.6. The van der Waals surface area contributed by atoms with Crippen molar-refractivity contribution in [2.75, 3.05) is 20.3 Å². The van der Waals surface area contributed by atoms with E-state index < -0.39 is 6.03 Å². The van der Waals surface area contributed by atoms with Gasteiger partial charge < -0.3 is 16.2 Å². The van der Waals surface area contributed by atoms with Gasteiger partial charge in [-0.2, -0.15) is 4.99 Å². The van der Waals surface area contributed by atoms with Crippen molar-refractivity contribution in [3.05, 3.63) is 0 Å². The lowest BCUT2D eigenvalue weighted by Crippen LogP contribution is -2.45. The highest BCUT2D eigenvalue weighted by Crippen LogP contribution is 1.79. The molecule has 0 heterocycles. The lowest BCUT2D eigenvalue weighted by molar-refractivity contribution is 0.176. The van der Waals surface area contributed by atoms with Gasteiger partial charge in [-0.05, 0) is 0 Å². The molecule has 0 spiro atoms. The normalized spacial score (nSPS) is 11.3. The first-order chi connectivity index (χ1) is 5.57. The van der Waals surface area contributed by atoms with Crippen LogP contribution in [0.1, 0.15) is 0 Å². The summed E-state index contributed by atoms with van der Waals surface area (Å²) in [7, 11) is 1.52. The molecule has 2 amide bonds. The minimum atomic E-state index is -0.875. The number of carbonyl (C=O) groups excluding carboxylic acids is 1. The van der Waals surface area contributed by atoms with Crippen molar-refractivity contribution < 1.29 is 9.53 Å². The highest BCUT2D eigenvalue weighted by atomic mass is 16.5. The number of rotatable bonds is 3. The van der Waals surface area contributed by atoms with E-state index in [4.69, 9.17) is 22.0 Å². The molecule has 0 atom stereocenters. The van der Waals surface area contributed by atoms with Gasteiger partial charge in [-0.1, -0.05) is 0 Å². The fraction of sp³-hybridized carbons (Fsp3) is 0.600. The third kappa shape index (κ3) is 4.47. The van der Waals surface area contributed by atoms with Crippen molar-refractivity contribution in [3.8, 4) is 0 Å². The van der Waals surface area contributed by atoms with Crippen LogP contribution in [0.15, 0.2) is 4.99 Å². The largest absolute Gasteiger partial charge is 0.383 e. The van der Waals surface area contributed by atoms with E-state index in [1.165, 1.54) is 7.11 Å². The van der Waals surface area contributed by atoms with Crippen LogP contribution in [0.4, 0.5) is 4.79 Å². The molecule has 0 saturated carbocycles. The zero-order chi connectivity index (χ0) is 9.56. The van der Waals surface area contributed by atoms with Gasteiger partial charge in [-0.25, -0.2) is 10.6 Å². The van der Waals surface area contributed by atoms with Crippen molar-refractivity contribution in [3.63, 3.8) is 0 Å². The molecule has 0 rings (SSSR count). The van der Waals surface area contributed by atoms with E-state index in [-0.39, 0.29) is 5.96 Å². The Labute approximate surface area is 70.1 Å². The third-order valence-corrected chi connectivity index (χ3v) is 1.06. The van der Waals surface area contributed by atoms with Crippen LogP contribution in [-0.2, 0) is 4.74 Å². The molecule has 0 aromatic rings. The fourth-order valence-corrected chi connectivity index (χ4v) is 0.481. The Morgan fingerprint density at radius 3 is 2.58 bits per heavy atom. The van der Waals surface area contributed by atoms with Gasteiger partial charge in [0.2, 0.25) is 5.96 Å². The van der Waals surface area contributed by atoms with E-state index in [0.717, 1.165) is 5.01 Å². The Kier molecular flexibility index (Phi) is 4.73. The van der Waals surface area contributed by atoms with Crippen LogP contribution in [0.25, 0.3) is 0 Å².